The highest BCUT2D eigenvalue weighted by Crippen LogP contribution is 2.32. The van der Waals surface area contributed by atoms with Gasteiger partial charge in [-0.15, -0.1) is 6.58 Å². The number of hydrogen-bond donors (Lipinski definition) is 0. The fourth-order valence-corrected chi connectivity index (χ4v) is 4.96. The fraction of sp³-hybridized carbons (Fsp3) is 0.444. The van der Waals surface area contributed by atoms with Crippen LogP contribution in [0, 0.1) is 0 Å². The smallest absolute Gasteiger partial charge is 0.253 e. The number of nitrogens with zero attached hydrogens (tertiary/aromatic N) is 4. The maximum absolute atomic E-state index is 13.0. The molecule has 0 atom stereocenters. The van der Waals surface area contributed by atoms with Crippen molar-refractivity contribution in [3.63, 3.8) is 0 Å². The van der Waals surface area contributed by atoms with E-state index in [0.717, 1.165) is 89.1 Å². The molecule has 7 nitrogen and oxygen atoms in total. The van der Waals surface area contributed by atoms with Crippen LogP contribution >= 0.6 is 0 Å². The van der Waals surface area contributed by atoms with E-state index < -0.39 is 0 Å². The molecule has 0 radical (unpaired) electrons. The molecule has 0 aromatic heterocycles. The summed E-state index contributed by atoms with van der Waals surface area (Å²) in [5.41, 5.74) is 3.27. The van der Waals surface area contributed by atoms with E-state index in [1.165, 1.54) is 11.1 Å². The lowest BCUT2D eigenvalue weighted by Gasteiger charge is -2.35. The molecule has 3 aliphatic rings. The zero-order valence-corrected chi connectivity index (χ0v) is 19.8. The molecule has 3 heterocycles. The van der Waals surface area contributed by atoms with Crippen molar-refractivity contribution >= 4 is 5.91 Å². The average molecular weight is 463 g/mol. The first-order chi connectivity index (χ1) is 16.7. The lowest BCUT2D eigenvalue weighted by molar-refractivity contribution is 0.0650. The molecule has 7 heteroatoms. The number of ether oxygens (including phenoxy) is 2. The summed E-state index contributed by atoms with van der Waals surface area (Å²) >= 11 is 0. The molecule has 34 heavy (non-hydrogen) atoms. The first kappa shape index (κ1) is 22.9. The Balaban J connectivity index is 1.11. The van der Waals surface area contributed by atoms with Crippen LogP contribution in [-0.4, -0.2) is 91.2 Å². The lowest BCUT2D eigenvalue weighted by Crippen LogP contribution is -2.48. The third-order valence-corrected chi connectivity index (χ3v) is 6.93. The Morgan fingerprint density at radius 2 is 1.44 bits per heavy atom. The zero-order chi connectivity index (χ0) is 23.3. The highest BCUT2D eigenvalue weighted by Gasteiger charge is 2.23. The van der Waals surface area contributed by atoms with E-state index in [1.807, 2.05) is 29.2 Å². The summed E-state index contributed by atoms with van der Waals surface area (Å²) in [5.74, 6) is 1.84. The van der Waals surface area contributed by atoms with Gasteiger partial charge in [0.05, 0.1) is 0 Å². The number of carbonyl (C=O) groups excluding carboxylic acids is 1. The summed E-state index contributed by atoms with van der Waals surface area (Å²) in [6.07, 6.45) is 1.93. The molecule has 180 valence electrons. The number of piperazine rings is 2. The van der Waals surface area contributed by atoms with Gasteiger partial charge < -0.3 is 14.4 Å². The predicted octanol–water partition coefficient (Wildman–Crippen LogP) is 2.68. The van der Waals surface area contributed by atoms with Crippen LogP contribution in [0.15, 0.2) is 55.1 Å². The van der Waals surface area contributed by atoms with Gasteiger partial charge in [-0.2, -0.15) is 0 Å². The highest BCUT2D eigenvalue weighted by atomic mass is 16.7. The molecule has 2 fully saturated rings. The van der Waals surface area contributed by atoms with Gasteiger partial charge in [0.15, 0.2) is 11.5 Å². The largest absolute Gasteiger partial charge is 0.454 e. The van der Waals surface area contributed by atoms with Crippen molar-refractivity contribution in [1.82, 2.24) is 19.6 Å². The van der Waals surface area contributed by atoms with Crippen LogP contribution in [0.25, 0.3) is 0 Å². The predicted molar refractivity (Wildman–Crippen MR) is 132 cm³/mol. The van der Waals surface area contributed by atoms with Gasteiger partial charge in [0.2, 0.25) is 6.79 Å². The normalized spacial score (nSPS) is 19.4. The number of rotatable bonds is 7. The second kappa shape index (κ2) is 10.6. The minimum absolute atomic E-state index is 0.147. The Hall–Kier alpha value is -2.87. The quantitative estimate of drug-likeness (QED) is 0.590. The molecule has 0 bridgehead atoms. The molecular formula is C27H34N4O3. The van der Waals surface area contributed by atoms with Gasteiger partial charge in [0, 0.05) is 77.6 Å². The summed E-state index contributed by atoms with van der Waals surface area (Å²) in [7, 11) is 0. The van der Waals surface area contributed by atoms with Crippen LogP contribution in [0.3, 0.4) is 0 Å². The average Bonchev–Trinajstić information content (AvgIpc) is 3.34. The Morgan fingerprint density at radius 3 is 2.15 bits per heavy atom. The number of carbonyl (C=O) groups is 1. The van der Waals surface area contributed by atoms with Gasteiger partial charge in [-0.1, -0.05) is 24.3 Å². The summed E-state index contributed by atoms with van der Waals surface area (Å²) in [6, 6.07) is 14.4. The van der Waals surface area contributed by atoms with E-state index in [1.54, 1.807) is 0 Å². The summed E-state index contributed by atoms with van der Waals surface area (Å²) < 4.78 is 10.9. The first-order valence-electron chi connectivity index (χ1n) is 12.2. The molecular weight excluding hydrogens is 428 g/mol. The molecule has 3 aliphatic heterocycles. The van der Waals surface area contributed by atoms with E-state index in [0.29, 0.717) is 6.79 Å². The van der Waals surface area contributed by atoms with Gasteiger partial charge in [-0.05, 0) is 35.4 Å². The molecule has 2 aromatic carbocycles. The topological polar surface area (TPSA) is 48.5 Å². The molecule has 2 aromatic rings. The standard InChI is InChI=1S/C27H34N4O3/c1-2-8-28-13-15-31(16-14-28)27(32)24-5-3-4-22(17-24)19-29-9-11-30(12-10-29)20-23-6-7-25-26(18-23)34-21-33-25/h2-7,17-18H,1,8-16,19-21H2. The van der Waals surface area contributed by atoms with Crippen molar-refractivity contribution in [1.29, 1.82) is 0 Å². The van der Waals surface area contributed by atoms with Crippen LogP contribution in [0.1, 0.15) is 21.5 Å². The summed E-state index contributed by atoms with van der Waals surface area (Å²) in [5, 5.41) is 0. The molecule has 1 amide bonds. The highest BCUT2D eigenvalue weighted by molar-refractivity contribution is 5.94. The molecule has 0 saturated carbocycles. The van der Waals surface area contributed by atoms with Gasteiger partial charge in [0.25, 0.3) is 5.91 Å². The molecule has 5 rings (SSSR count). The van der Waals surface area contributed by atoms with Gasteiger partial charge >= 0.3 is 0 Å². The fourth-order valence-electron chi connectivity index (χ4n) is 4.96. The molecule has 0 N–H and O–H groups in total. The SMILES string of the molecule is C=CCN1CCN(C(=O)c2cccc(CN3CCN(Cc4ccc5c(c4)OCO5)CC3)c2)CC1. The van der Waals surface area contributed by atoms with Crippen molar-refractivity contribution < 1.29 is 14.3 Å². The third-order valence-electron chi connectivity index (χ3n) is 6.93. The summed E-state index contributed by atoms with van der Waals surface area (Å²) in [4.78, 5) is 22.3. The van der Waals surface area contributed by atoms with E-state index in [4.69, 9.17) is 9.47 Å². The Labute approximate surface area is 202 Å². The maximum atomic E-state index is 13.0. The minimum Gasteiger partial charge on any atom is -0.454 e. The van der Waals surface area contributed by atoms with Crippen LogP contribution in [0.5, 0.6) is 11.5 Å². The number of benzene rings is 2. The van der Waals surface area contributed by atoms with Gasteiger partial charge in [0.1, 0.15) is 0 Å². The van der Waals surface area contributed by atoms with Gasteiger partial charge in [-0.25, -0.2) is 0 Å². The zero-order valence-electron chi connectivity index (χ0n) is 19.8. The number of hydrogen-bond acceptors (Lipinski definition) is 6. The van der Waals surface area contributed by atoms with E-state index in [-0.39, 0.29) is 5.91 Å². The second-order valence-corrected chi connectivity index (χ2v) is 9.32. The lowest BCUT2D eigenvalue weighted by atomic mass is 10.1. The van der Waals surface area contributed by atoms with Crippen LogP contribution in [0.4, 0.5) is 0 Å². The Bertz CT molecular complexity index is 1010. The number of fused-ring (bicyclic) bond motifs is 1. The van der Waals surface area contributed by atoms with Crippen LogP contribution in [-0.2, 0) is 13.1 Å². The van der Waals surface area contributed by atoms with Gasteiger partial charge in [-0.3, -0.25) is 19.5 Å². The molecule has 0 spiro atoms. The van der Waals surface area contributed by atoms with Crippen molar-refractivity contribution in [2.24, 2.45) is 0 Å². The van der Waals surface area contributed by atoms with Crippen LogP contribution in [0.2, 0.25) is 0 Å². The van der Waals surface area contributed by atoms with E-state index in [2.05, 4.69) is 45.5 Å². The van der Waals surface area contributed by atoms with Crippen molar-refractivity contribution in [2.75, 3.05) is 65.7 Å². The van der Waals surface area contributed by atoms with Crippen molar-refractivity contribution in [2.45, 2.75) is 13.1 Å². The van der Waals surface area contributed by atoms with Crippen molar-refractivity contribution in [3.05, 3.63) is 71.8 Å². The van der Waals surface area contributed by atoms with Crippen molar-refractivity contribution in [3.8, 4) is 11.5 Å². The third kappa shape index (κ3) is 5.43. The monoisotopic (exact) mass is 462 g/mol. The first-order valence-corrected chi connectivity index (χ1v) is 12.2. The Morgan fingerprint density at radius 1 is 0.794 bits per heavy atom. The minimum atomic E-state index is 0.147. The molecule has 2 saturated heterocycles. The van der Waals surface area contributed by atoms with E-state index in [9.17, 15) is 4.79 Å². The Kier molecular flexibility index (Phi) is 7.13. The summed E-state index contributed by atoms with van der Waals surface area (Å²) in [6.45, 7) is 14.3. The van der Waals surface area contributed by atoms with E-state index >= 15 is 0 Å². The van der Waals surface area contributed by atoms with Crippen LogP contribution < -0.4 is 9.47 Å². The number of amides is 1. The molecule has 0 aliphatic carbocycles. The maximum Gasteiger partial charge on any atom is 0.253 e. The second-order valence-electron chi connectivity index (χ2n) is 9.32. The molecule has 0 unspecified atom stereocenters.